The molecule has 0 bridgehead atoms. The highest BCUT2D eigenvalue weighted by molar-refractivity contribution is 7.88. The second kappa shape index (κ2) is 9.77. The van der Waals surface area contributed by atoms with Gasteiger partial charge in [0.1, 0.15) is 0 Å². The van der Waals surface area contributed by atoms with Crippen LogP contribution in [-0.2, 0) is 32.7 Å². The van der Waals surface area contributed by atoms with Gasteiger partial charge in [0.25, 0.3) is 0 Å². The second-order valence-electron chi connectivity index (χ2n) is 7.50. The number of hydrogen-bond donors (Lipinski definition) is 1. The Morgan fingerprint density at radius 2 is 2.18 bits per heavy atom. The number of aromatic nitrogens is 3. The molecule has 1 aromatic heterocycles. The lowest BCUT2D eigenvalue weighted by molar-refractivity contribution is -0.136. The van der Waals surface area contributed by atoms with E-state index in [9.17, 15) is 18.3 Å². The third-order valence-electron chi connectivity index (χ3n) is 5.14. The van der Waals surface area contributed by atoms with Gasteiger partial charge in [-0.1, -0.05) is 12.1 Å². The van der Waals surface area contributed by atoms with E-state index in [2.05, 4.69) is 10.3 Å². The standard InChI is InChI=1S/C17H31N5O5S/c1-13-9-21(14(2)11-23)17(24)6-5-7-22-15(8-18-19-22)12-27-16(13)10-20(3)28(4,25)26/h8,13-14,16,23H,5-7,9-12H2,1-4H3/t13-,14+,16-/m0/s1. The maximum Gasteiger partial charge on any atom is 0.222 e. The number of carbonyl (C=O) groups is 1. The Bertz CT molecular complexity index is 753. The van der Waals surface area contributed by atoms with Gasteiger partial charge in [-0.25, -0.2) is 17.4 Å². The van der Waals surface area contributed by atoms with Crippen molar-refractivity contribution < 1.29 is 23.1 Å². The minimum atomic E-state index is -3.37. The number of sulfonamides is 1. The Kier molecular flexibility index (Phi) is 7.93. The fourth-order valence-electron chi connectivity index (χ4n) is 3.13. The van der Waals surface area contributed by atoms with Gasteiger partial charge in [-0.3, -0.25) is 4.79 Å². The molecular weight excluding hydrogens is 386 g/mol. The van der Waals surface area contributed by atoms with Crippen molar-refractivity contribution >= 4 is 15.9 Å². The Balaban J connectivity index is 2.29. The van der Waals surface area contributed by atoms with E-state index in [-0.39, 0.29) is 37.6 Å². The minimum absolute atomic E-state index is 0.0501. The molecule has 1 aliphatic heterocycles. The molecule has 0 spiro atoms. The molecule has 2 heterocycles. The van der Waals surface area contributed by atoms with Gasteiger partial charge in [0.15, 0.2) is 0 Å². The molecule has 1 N–H and O–H groups in total. The lowest BCUT2D eigenvalue weighted by Gasteiger charge is -2.35. The Morgan fingerprint density at radius 3 is 2.82 bits per heavy atom. The lowest BCUT2D eigenvalue weighted by atomic mass is 10.0. The highest BCUT2D eigenvalue weighted by atomic mass is 32.2. The lowest BCUT2D eigenvalue weighted by Crippen LogP contribution is -2.47. The number of ether oxygens (including phenoxy) is 1. The molecule has 11 heteroatoms. The summed E-state index contributed by atoms with van der Waals surface area (Å²) in [4.78, 5) is 14.4. The van der Waals surface area contributed by atoms with Gasteiger partial charge in [0.2, 0.25) is 15.9 Å². The fourth-order valence-corrected chi connectivity index (χ4v) is 3.55. The van der Waals surface area contributed by atoms with Crippen LogP contribution in [0.3, 0.4) is 0 Å². The van der Waals surface area contributed by atoms with Gasteiger partial charge >= 0.3 is 0 Å². The van der Waals surface area contributed by atoms with Gasteiger partial charge in [-0.05, 0) is 13.3 Å². The number of fused-ring (bicyclic) bond motifs is 1. The smallest absolute Gasteiger partial charge is 0.222 e. The maximum absolute atomic E-state index is 12.7. The van der Waals surface area contributed by atoms with Crippen molar-refractivity contribution in [1.82, 2.24) is 24.2 Å². The number of aliphatic hydroxyl groups is 1. The number of aliphatic hydroxyl groups excluding tert-OH is 1. The van der Waals surface area contributed by atoms with Gasteiger partial charge in [0, 0.05) is 39.0 Å². The zero-order valence-corrected chi connectivity index (χ0v) is 17.8. The number of rotatable bonds is 5. The van der Waals surface area contributed by atoms with Crippen LogP contribution >= 0.6 is 0 Å². The number of amides is 1. The van der Waals surface area contributed by atoms with Crippen LogP contribution in [0.2, 0.25) is 0 Å². The van der Waals surface area contributed by atoms with E-state index < -0.39 is 16.1 Å². The summed E-state index contributed by atoms with van der Waals surface area (Å²) in [6, 6.07) is -0.326. The van der Waals surface area contributed by atoms with Crippen molar-refractivity contribution in [3.63, 3.8) is 0 Å². The van der Waals surface area contributed by atoms with Crippen molar-refractivity contribution in [2.24, 2.45) is 5.92 Å². The van der Waals surface area contributed by atoms with Crippen molar-refractivity contribution in [2.45, 2.75) is 52.0 Å². The zero-order chi connectivity index (χ0) is 20.9. The molecule has 0 fully saturated rings. The van der Waals surface area contributed by atoms with Crippen LogP contribution in [0.15, 0.2) is 6.20 Å². The second-order valence-corrected chi connectivity index (χ2v) is 9.59. The number of hydrogen-bond acceptors (Lipinski definition) is 7. The first kappa shape index (κ1) is 22.7. The Morgan fingerprint density at radius 1 is 1.46 bits per heavy atom. The number of likely N-dealkylation sites (N-methyl/N-ethyl adjacent to an activating group) is 1. The van der Waals surface area contributed by atoms with Gasteiger partial charge in [-0.2, -0.15) is 0 Å². The maximum atomic E-state index is 12.7. The quantitative estimate of drug-likeness (QED) is 0.698. The minimum Gasteiger partial charge on any atom is -0.394 e. The molecule has 0 aromatic carbocycles. The molecule has 160 valence electrons. The van der Waals surface area contributed by atoms with Crippen molar-refractivity contribution in [1.29, 1.82) is 0 Å². The van der Waals surface area contributed by atoms with E-state index in [1.807, 2.05) is 6.92 Å². The van der Waals surface area contributed by atoms with E-state index >= 15 is 0 Å². The Hall–Kier alpha value is -1.56. The zero-order valence-electron chi connectivity index (χ0n) is 17.0. The molecule has 0 saturated carbocycles. The summed E-state index contributed by atoms with van der Waals surface area (Å²) >= 11 is 0. The molecule has 0 unspecified atom stereocenters. The van der Waals surface area contributed by atoms with E-state index in [0.717, 1.165) is 11.9 Å². The number of aryl methyl sites for hydroxylation is 1. The third-order valence-corrected chi connectivity index (χ3v) is 6.42. The van der Waals surface area contributed by atoms with Crippen LogP contribution in [0.1, 0.15) is 32.4 Å². The highest BCUT2D eigenvalue weighted by Gasteiger charge is 2.29. The van der Waals surface area contributed by atoms with Crippen LogP contribution in [-0.4, -0.2) is 88.8 Å². The van der Waals surface area contributed by atoms with E-state index in [4.69, 9.17) is 4.74 Å². The third kappa shape index (κ3) is 5.97. The number of nitrogens with zero attached hydrogens (tertiary/aromatic N) is 5. The monoisotopic (exact) mass is 417 g/mol. The van der Waals surface area contributed by atoms with Crippen LogP contribution in [0.25, 0.3) is 0 Å². The molecule has 1 aliphatic rings. The average Bonchev–Trinajstić information content (AvgIpc) is 3.07. The van der Waals surface area contributed by atoms with Crippen LogP contribution in [0, 0.1) is 5.92 Å². The Labute approximate surface area is 166 Å². The molecule has 1 aromatic rings. The summed E-state index contributed by atoms with van der Waals surface area (Å²) in [6.45, 7) is 4.91. The van der Waals surface area contributed by atoms with Crippen molar-refractivity contribution in [2.75, 3.05) is 33.0 Å². The molecular formula is C17H31N5O5S. The van der Waals surface area contributed by atoms with Gasteiger partial charge in [-0.15, -0.1) is 5.10 Å². The number of carbonyl (C=O) groups excluding carboxylic acids is 1. The van der Waals surface area contributed by atoms with E-state index in [1.54, 1.807) is 22.7 Å². The first-order chi connectivity index (χ1) is 13.1. The SMILES string of the molecule is C[C@H](CO)N1C[C@H](C)[C@H](CN(C)S(C)(=O)=O)OCc2cnnn2CCCC1=O. The summed E-state index contributed by atoms with van der Waals surface area (Å²) in [5.74, 6) is -0.197. The predicted molar refractivity (Wildman–Crippen MR) is 103 cm³/mol. The molecule has 0 radical (unpaired) electrons. The van der Waals surface area contributed by atoms with Crippen LogP contribution in [0.5, 0.6) is 0 Å². The normalized spacial score (nSPS) is 23.8. The first-order valence-corrected chi connectivity index (χ1v) is 11.3. The fraction of sp³-hybridized carbons (Fsp3) is 0.824. The summed E-state index contributed by atoms with van der Waals surface area (Å²) in [6.07, 6.45) is 3.28. The summed E-state index contributed by atoms with van der Waals surface area (Å²) < 4.78 is 32.8. The summed E-state index contributed by atoms with van der Waals surface area (Å²) in [5, 5.41) is 17.5. The molecule has 10 nitrogen and oxygen atoms in total. The van der Waals surface area contributed by atoms with Crippen LogP contribution < -0.4 is 0 Å². The van der Waals surface area contributed by atoms with E-state index in [0.29, 0.717) is 25.9 Å². The van der Waals surface area contributed by atoms with Crippen molar-refractivity contribution in [3.8, 4) is 0 Å². The summed E-state index contributed by atoms with van der Waals surface area (Å²) in [7, 11) is -1.86. The molecule has 0 saturated heterocycles. The topological polar surface area (TPSA) is 118 Å². The molecule has 0 aliphatic carbocycles. The first-order valence-electron chi connectivity index (χ1n) is 9.44. The molecule has 1 amide bonds. The molecule has 2 rings (SSSR count). The van der Waals surface area contributed by atoms with Gasteiger partial charge in [0.05, 0.1) is 43.5 Å². The molecule has 28 heavy (non-hydrogen) atoms. The van der Waals surface area contributed by atoms with E-state index in [1.165, 1.54) is 11.4 Å². The van der Waals surface area contributed by atoms with Crippen LogP contribution in [0.4, 0.5) is 0 Å². The summed E-state index contributed by atoms with van der Waals surface area (Å²) in [5.41, 5.74) is 0.785. The highest BCUT2D eigenvalue weighted by Crippen LogP contribution is 2.18. The van der Waals surface area contributed by atoms with Gasteiger partial charge < -0.3 is 14.7 Å². The average molecular weight is 418 g/mol. The molecule has 3 atom stereocenters. The predicted octanol–water partition coefficient (Wildman–Crippen LogP) is -0.306. The van der Waals surface area contributed by atoms with Crippen molar-refractivity contribution in [3.05, 3.63) is 11.9 Å². The largest absolute Gasteiger partial charge is 0.394 e.